The van der Waals surface area contributed by atoms with Crippen LogP contribution in [0.15, 0.2) is 347 Å². The van der Waals surface area contributed by atoms with Crippen molar-refractivity contribution >= 4 is 76.5 Å². The van der Waals surface area contributed by atoms with Crippen LogP contribution in [0.5, 0.6) is 0 Å². The van der Waals surface area contributed by atoms with Gasteiger partial charge in [-0.2, -0.15) is 13.2 Å². The first kappa shape index (κ1) is 89.8. The van der Waals surface area contributed by atoms with Crippen LogP contribution in [0.25, 0.3) is 137 Å². The fourth-order valence-corrected chi connectivity index (χ4v) is 11.5. The SMILES string of the molecule is CC(=O)C=C(C)O.FC(F)(F)c1cccnc1-c1[c-]cccc1.[C-]#[N+]c1ccnc(-c2[c-]ccc3ccccc23)c1.[Ir].[Ir].[Ir].[Ir].[Ir].[c-]1cc2ccccc2cc1-c1nccc2ccccc12.[c-]1cc2ccccc2cc1-c1nccc2ccccc12.[c-]1ccccc1-c1ccccn1.[c-]1ccccc1-c1ncnc2nccnc12. The summed E-state index contributed by atoms with van der Waals surface area (Å²) in [5.74, 6) is -0.0625. The number of aliphatic hydroxyl groups is 1. The van der Waals surface area contributed by atoms with Crippen LogP contribution in [-0.2, 0) is 111 Å². The van der Waals surface area contributed by atoms with Crippen LogP contribution < -0.4 is 0 Å². The van der Waals surface area contributed by atoms with Crippen molar-refractivity contribution in [1.29, 1.82) is 0 Å². The molecule has 12 nitrogen and oxygen atoms in total. The molecule has 1 N–H and O–H groups in total. The number of fused-ring (bicyclic) bond motifs is 6. The summed E-state index contributed by atoms with van der Waals surface area (Å²) in [6.45, 7) is 9.90. The van der Waals surface area contributed by atoms with E-state index in [4.69, 9.17) is 11.7 Å². The molecule has 0 aliphatic rings. The van der Waals surface area contributed by atoms with E-state index in [1.54, 1.807) is 61.2 Å². The maximum absolute atomic E-state index is 12.7. The van der Waals surface area contributed by atoms with Crippen molar-refractivity contribution in [3.8, 4) is 67.5 Å². The van der Waals surface area contributed by atoms with Crippen molar-refractivity contribution in [3.63, 3.8) is 0 Å². The summed E-state index contributed by atoms with van der Waals surface area (Å²) in [7, 11) is 0. The number of pyridine rings is 5. The Bertz CT molecular complexity index is 5960. The van der Waals surface area contributed by atoms with Gasteiger partial charge in [0.25, 0.3) is 0 Å². The van der Waals surface area contributed by atoms with Gasteiger partial charge in [-0.15, -0.1) is 195 Å². The number of hydrogen-bond acceptors (Lipinski definition) is 11. The molecular weight excluding hydrogens is 2320 g/mol. The molecule has 573 valence electrons. The first-order valence-electron chi connectivity index (χ1n) is 34.2. The molecule has 0 amide bonds. The van der Waals surface area contributed by atoms with Crippen LogP contribution in [0, 0.1) is 43.0 Å². The third kappa shape index (κ3) is 24.6. The van der Waals surface area contributed by atoms with Gasteiger partial charge in [0.2, 0.25) is 0 Å². The number of rotatable bonds is 7. The Hall–Kier alpha value is -11.4. The number of aromatic nitrogens is 9. The molecule has 0 aliphatic carbocycles. The van der Waals surface area contributed by atoms with Gasteiger partial charge in [0.1, 0.15) is 6.33 Å². The maximum Gasteiger partial charge on any atom is 0.409 e. The summed E-state index contributed by atoms with van der Waals surface area (Å²) >= 11 is 0. The van der Waals surface area contributed by atoms with Gasteiger partial charge in [0.15, 0.2) is 17.1 Å². The Kier molecular flexibility index (Phi) is 35.7. The van der Waals surface area contributed by atoms with Gasteiger partial charge in [0, 0.05) is 167 Å². The molecule has 0 aliphatic heterocycles. The summed E-state index contributed by atoms with van der Waals surface area (Å²) in [6, 6.07) is 110. The first-order chi connectivity index (χ1) is 53.3. The quantitative estimate of drug-likeness (QED) is 0.0920. The molecule has 0 saturated heterocycles. The normalized spacial score (nSPS) is 10.3. The first-order valence-corrected chi connectivity index (χ1v) is 34.2. The van der Waals surface area contributed by atoms with Gasteiger partial charge in [-0.05, 0) is 88.5 Å². The van der Waals surface area contributed by atoms with Crippen molar-refractivity contribution in [2.45, 2.75) is 20.0 Å². The van der Waals surface area contributed by atoms with E-state index in [1.165, 1.54) is 81.6 Å². The third-order valence-corrected chi connectivity index (χ3v) is 16.4. The minimum atomic E-state index is -4.40. The second-order valence-corrected chi connectivity index (χ2v) is 24.0. The van der Waals surface area contributed by atoms with Crippen LogP contribution in [0.1, 0.15) is 19.4 Å². The Labute approximate surface area is 725 Å². The van der Waals surface area contributed by atoms with Gasteiger partial charge in [-0.3, -0.25) is 14.8 Å². The van der Waals surface area contributed by atoms with E-state index in [-0.39, 0.29) is 118 Å². The summed E-state index contributed by atoms with van der Waals surface area (Å²) in [6.07, 6.45) is 10.0. The van der Waals surface area contributed by atoms with E-state index in [0.29, 0.717) is 22.4 Å². The van der Waals surface area contributed by atoms with Crippen molar-refractivity contribution in [2.24, 2.45) is 0 Å². The average Bonchev–Trinajstić information content (AvgIpc) is 0.794. The molecule has 7 heterocycles. The second kappa shape index (κ2) is 45.4. The van der Waals surface area contributed by atoms with E-state index in [1.807, 2.05) is 146 Å². The summed E-state index contributed by atoms with van der Waals surface area (Å²) in [5, 5.41) is 20.2. The standard InChI is InChI=1S/2C19H12N.C16H9N2.C12H7F3N.C12H7N4.C11H8N.C5H8O2.5Ir/c2*1-2-7-16-13-17(10-9-14(16)5-1)19-18-8-4-3-6-15(18)11-12-20-19;1-17-13-9-10-18-16(11-13)15-8-4-6-12-5-2-3-7-14(12)15;13-12(14,15)10-7-4-8-16-11(10)9-5-2-1-3-6-9;1-2-4-9(5-3-1)10-11-12(16-8-15-10)14-7-6-13-11;1-2-6-10(7-3-1)11-8-4-5-9-12-11;1-4(6)3-5(2)7;;;;;/h2*1-9,11-13H;2-7,9-11H;1-5,7-8H;1-4,6-8H;1-6,8-9H;3,6H,1-2H3;;;;;/q6*-1;;;;;;. The van der Waals surface area contributed by atoms with Crippen molar-refractivity contribution in [2.75, 3.05) is 0 Å². The summed E-state index contributed by atoms with van der Waals surface area (Å²) < 4.78 is 38.0. The predicted molar refractivity (Wildman–Crippen MR) is 428 cm³/mol. The minimum absolute atomic E-state index is 0. The summed E-state index contributed by atoms with van der Waals surface area (Å²) in [5.41, 5.74) is 10.9. The predicted octanol–water partition coefficient (Wildman–Crippen LogP) is 23.0. The van der Waals surface area contributed by atoms with Crippen molar-refractivity contribution in [3.05, 3.63) is 400 Å². The van der Waals surface area contributed by atoms with Gasteiger partial charge in [0.05, 0.1) is 17.8 Å². The van der Waals surface area contributed by atoms with Gasteiger partial charge >= 0.3 is 6.18 Å². The Morgan fingerprint density at radius 1 is 0.377 bits per heavy atom. The molecule has 0 bridgehead atoms. The number of ketones is 1. The maximum atomic E-state index is 12.7. The number of halogens is 3. The molecule has 0 saturated carbocycles. The van der Waals surface area contributed by atoms with E-state index in [0.717, 1.165) is 73.1 Å². The minimum Gasteiger partial charge on any atom is -0.512 e. The molecule has 0 fully saturated rings. The molecule has 7 aromatic heterocycles. The fraction of sp³-hybridized carbons (Fsp3) is 0.0319. The zero-order valence-electron chi connectivity index (χ0n) is 60.5. The van der Waals surface area contributed by atoms with Crippen molar-refractivity contribution < 1.29 is 124 Å². The van der Waals surface area contributed by atoms with Gasteiger partial charge in [-0.1, -0.05) is 162 Å². The Morgan fingerprint density at radius 3 is 1.35 bits per heavy atom. The van der Waals surface area contributed by atoms with Crippen LogP contribution in [-0.4, -0.2) is 55.7 Å². The molecule has 114 heavy (non-hydrogen) atoms. The largest absolute Gasteiger partial charge is 0.512 e. The van der Waals surface area contributed by atoms with Crippen LogP contribution in [0.2, 0.25) is 0 Å². The number of nitrogens with zero attached hydrogens (tertiary/aromatic N) is 10. The molecule has 5 radical (unpaired) electrons. The molecule has 18 aromatic rings. The number of benzene rings is 11. The fourth-order valence-electron chi connectivity index (χ4n) is 11.5. The zero-order chi connectivity index (χ0) is 75.6. The topological polar surface area (TPSA) is 158 Å². The number of allylic oxidation sites excluding steroid dienone is 2. The number of alkyl halides is 3. The second-order valence-electron chi connectivity index (χ2n) is 24.0. The zero-order valence-corrected chi connectivity index (χ0v) is 72.4. The van der Waals surface area contributed by atoms with E-state index >= 15 is 0 Å². The van der Waals surface area contributed by atoms with Gasteiger partial charge in [-0.25, -0.2) is 14.8 Å². The van der Waals surface area contributed by atoms with Crippen LogP contribution >= 0.6 is 0 Å². The Balaban J connectivity index is 0.000000186. The monoisotopic (exact) mass is 2390 g/mol. The molecule has 0 unspecified atom stereocenters. The number of carbonyl (C=O) groups excluding carboxylic acids is 1. The Morgan fingerprint density at radius 2 is 0.842 bits per heavy atom. The molecule has 11 aromatic carbocycles. The summed E-state index contributed by atoms with van der Waals surface area (Å²) in [4.78, 5) is 51.6. The average molecular weight is 2380 g/mol. The number of carbonyl (C=O) groups is 1. The van der Waals surface area contributed by atoms with E-state index < -0.39 is 11.7 Å². The molecule has 0 spiro atoms. The third-order valence-electron chi connectivity index (χ3n) is 16.4. The smallest absolute Gasteiger partial charge is 0.409 e. The number of aliphatic hydroxyl groups excluding tert-OH is 1. The molecule has 20 heteroatoms. The molecule has 18 rings (SSSR count). The molecular formula is C94H63F3Ir5N10O2-6. The molecule has 0 atom stereocenters. The number of hydrogen-bond donors (Lipinski definition) is 1. The van der Waals surface area contributed by atoms with Crippen molar-refractivity contribution in [1.82, 2.24) is 44.9 Å². The van der Waals surface area contributed by atoms with E-state index in [2.05, 4.69) is 189 Å². The van der Waals surface area contributed by atoms with E-state index in [9.17, 15) is 18.0 Å². The van der Waals surface area contributed by atoms with Crippen LogP contribution in [0.3, 0.4) is 0 Å². The van der Waals surface area contributed by atoms with Gasteiger partial charge < -0.3 is 30.0 Å². The van der Waals surface area contributed by atoms with Crippen LogP contribution in [0.4, 0.5) is 18.9 Å².